The average molecular weight is 278 g/mol. The fraction of sp³-hybridized carbons (Fsp3) is 0.800. The Morgan fingerprint density at radius 2 is 2.28 bits per heavy atom. The molecule has 104 valence electrons. The van der Waals surface area contributed by atoms with Crippen molar-refractivity contribution in [3.8, 4) is 0 Å². The number of hydrogen-bond donors (Lipinski definition) is 2. The van der Waals surface area contributed by atoms with Crippen LogP contribution in [-0.2, 0) is 24.3 Å². The number of nitrogens with one attached hydrogen (secondary N) is 2. The van der Waals surface area contributed by atoms with Crippen molar-refractivity contribution in [3.63, 3.8) is 0 Å². The number of carbonyl (C=O) groups is 2. The molecule has 1 heterocycles. The van der Waals surface area contributed by atoms with E-state index in [-0.39, 0.29) is 24.5 Å². The number of carbonyl (C=O) groups excluding carboxylic acids is 2. The Balaban J connectivity index is 2.39. The van der Waals surface area contributed by atoms with E-state index in [0.29, 0.717) is 13.0 Å². The number of piperidine rings is 1. The van der Waals surface area contributed by atoms with Crippen LogP contribution in [0.4, 0.5) is 0 Å². The Kier molecular flexibility index (Phi) is 5.54. The quantitative estimate of drug-likeness (QED) is 0.615. The maximum atomic E-state index is 11.7. The van der Waals surface area contributed by atoms with Crippen LogP contribution >= 0.6 is 0 Å². The van der Waals surface area contributed by atoms with Crippen LogP contribution in [0, 0.1) is 0 Å². The summed E-state index contributed by atoms with van der Waals surface area (Å²) in [5.41, 5.74) is 0. The van der Waals surface area contributed by atoms with Crippen LogP contribution in [0.15, 0.2) is 0 Å². The fourth-order valence-corrected chi connectivity index (χ4v) is 2.97. The van der Waals surface area contributed by atoms with Crippen LogP contribution in [0.5, 0.6) is 0 Å². The van der Waals surface area contributed by atoms with Gasteiger partial charge in [0, 0.05) is 13.0 Å². The van der Waals surface area contributed by atoms with Crippen molar-refractivity contribution >= 4 is 21.9 Å². The van der Waals surface area contributed by atoms with Crippen molar-refractivity contribution < 1.29 is 22.7 Å². The van der Waals surface area contributed by atoms with Gasteiger partial charge in [0.2, 0.25) is 15.9 Å². The van der Waals surface area contributed by atoms with E-state index in [1.807, 2.05) is 0 Å². The summed E-state index contributed by atoms with van der Waals surface area (Å²) in [6.07, 6.45) is 1.48. The molecule has 1 fully saturated rings. The number of amides is 1. The second-order valence-corrected chi connectivity index (χ2v) is 5.98. The number of ether oxygens (including phenoxy) is 1. The van der Waals surface area contributed by atoms with E-state index in [0.717, 1.165) is 6.42 Å². The molecule has 0 bridgehead atoms. The number of methoxy groups -OCH3 is 1. The summed E-state index contributed by atoms with van der Waals surface area (Å²) in [5, 5.41) is 2.60. The van der Waals surface area contributed by atoms with Gasteiger partial charge in [-0.15, -0.1) is 0 Å². The summed E-state index contributed by atoms with van der Waals surface area (Å²) in [6.45, 7) is 0.583. The summed E-state index contributed by atoms with van der Waals surface area (Å²) < 4.78 is 30.1. The minimum atomic E-state index is -3.54. The molecular formula is C10H18N2O5S. The summed E-state index contributed by atoms with van der Waals surface area (Å²) in [7, 11) is -2.29. The van der Waals surface area contributed by atoms with Crippen molar-refractivity contribution in [2.24, 2.45) is 0 Å². The predicted molar refractivity (Wildman–Crippen MR) is 64.2 cm³/mol. The van der Waals surface area contributed by atoms with Crippen molar-refractivity contribution in [2.75, 3.05) is 19.4 Å². The van der Waals surface area contributed by atoms with Gasteiger partial charge >= 0.3 is 5.97 Å². The van der Waals surface area contributed by atoms with Gasteiger partial charge in [0.05, 0.1) is 12.9 Å². The van der Waals surface area contributed by atoms with E-state index < -0.39 is 22.0 Å². The summed E-state index contributed by atoms with van der Waals surface area (Å²) >= 11 is 0. The second-order valence-electron chi connectivity index (χ2n) is 4.10. The Morgan fingerprint density at radius 1 is 1.56 bits per heavy atom. The zero-order chi connectivity index (χ0) is 13.6. The van der Waals surface area contributed by atoms with Crippen LogP contribution < -0.4 is 10.0 Å². The highest BCUT2D eigenvalue weighted by molar-refractivity contribution is 7.89. The molecule has 0 aromatic rings. The molecule has 1 rings (SSSR count). The molecule has 0 spiro atoms. The monoisotopic (exact) mass is 278 g/mol. The topological polar surface area (TPSA) is 102 Å². The molecule has 1 aliphatic rings. The molecule has 1 unspecified atom stereocenters. The number of rotatable bonds is 6. The first kappa shape index (κ1) is 14.9. The lowest BCUT2D eigenvalue weighted by Crippen LogP contribution is -2.50. The van der Waals surface area contributed by atoms with Crippen LogP contribution in [0.25, 0.3) is 0 Å². The molecule has 0 aromatic heterocycles. The normalized spacial score (nSPS) is 20.3. The first-order valence-electron chi connectivity index (χ1n) is 5.79. The van der Waals surface area contributed by atoms with Gasteiger partial charge in [0.25, 0.3) is 0 Å². The predicted octanol–water partition coefficient (Wildman–Crippen LogP) is -0.862. The maximum absolute atomic E-state index is 11.7. The van der Waals surface area contributed by atoms with E-state index in [4.69, 9.17) is 0 Å². The fourth-order valence-electron chi connectivity index (χ4n) is 1.67. The summed E-state index contributed by atoms with van der Waals surface area (Å²) in [6, 6.07) is -0.693. The van der Waals surface area contributed by atoms with E-state index in [1.165, 1.54) is 7.11 Å². The number of esters is 1. The molecule has 0 aliphatic carbocycles. The number of sulfonamides is 1. The highest BCUT2D eigenvalue weighted by Crippen LogP contribution is 2.05. The first-order valence-corrected chi connectivity index (χ1v) is 7.44. The van der Waals surface area contributed by atoms with E-state index in [2.05, 4.69) is 14.8 Å². The first-order chi connectivity index (χ1) is 8.44. The molecule has 1 atom stereocenters. The second kappa shape index (κ2) is 6.69. The van der Waals surface area contributed by atoms with Crippen LogP contribution in [-0.4, -0.2) is 45.7 Å². The zero-order valence-electron chi connectivity index (χ0n) is 10.3. The molecule has 1 saturated heterocycles. The molecule has 1 amide bonds. The van der Waals surface area contributed by atoms with Crippen molar-refractivity contribution in [2.45, 2.75) is 31.7 Å². The van der Waals surface area contributed by atoms with Crippen LogP contribution in [0.3, 0.4) is 0 Å². The summed E-state index contributed by atoms with van der Waals surface area (Å²) in [4.78, 5) is 22.2. The van der Waals surface area contributed by atoms with Gasteiger partial charge in [-0.3, -0.25) is 9.59 Å². The van der Waals surface area contributed by atoms with Gasteiger partial charge in [0.15, 0.2) is 0 Å². The molecule has 0 saturated carbocycles. The van der Waals surface area contributed by atoms with E-state index in [1.54, 1.807) is 0 Å². The van der Waals surface area contributed by atoms with Gasteiger partial charge in [-0.1, -0.05) is 0 Å². The smallest absolute Gasteiger partial charge is 0.305 e. The van der Waals surface area contributed by atoms with Crippen LogP contribution in [0.2, 0.25) is 0 Å². The molecule has 18 heavy (non-hydrogen) atoms. The third kappa shape index (κ3) is 5.01. The standard InChI is InChI=1S/C10H18N2O5S/c1-17-9(13)5-3-7-18(15,16)12-8-4-2-6-11-10(8)14/h8,12H,2-7H2,1H3,(H,11,14). The Hall–Kier alpha value is -1.15. The lowest BCUT2D eigenvalue weighted by atomic mass is 10.1. The van der Waals surface area contributed by atoms with Gasteiger partial charge in [0.1, 0.15) is 6.04 Å². The van der Waals surface area contributed by atoms with Gasteiger partial charge in [-0.2, -0.15) is 0 Å². The highest BCUT2D eigenvalue weighted by atomic mass is 32.2. The van der Waals surface area contributed by atoms with E-state index >= 15 is 0 Å². The Labute approximate surface area is 106 Å². The Morgan fingerprint density at radius 3 is 2.89 bits per heavy atom. The van der Waals surface area contributed by atoms with Crippen molar-refractivity contribution in [3.05, 3.63) is 0 Å². The largest absolute Gasteiger partial charge is 0.469 e. The summed E-state index contributed by atoms with van der Waals surface area (Å²) in [5.74, 6) is -0.926. The van der Waals surface area contributed by atoms with Gasteiger partial charge < -0.3 is 10.1 Å². The molecule has 0 aromatic carbocycles. The maximum Gasteiger partial charge on any atom is 0.305 e. The molecular weight excluding hydrogens is 260 g/mol. The molecule has 1 aliphatic heterocycles. The third-order valence-electron chi connectivity index (χ3n) is 2.63. The van der Waals surface area contributed by atoms with Crippen molar-refractivity contribution in [1.29, 1.82) is 0 Å². The average Bonchev–Trinajstić information content (AvgIpc) is 2.31. The van der Waals surface area contributed by atoms with Crippen LogP contribution in [0.1, 0.15) is 25.7 Å². The Bertz CT molecular complexity index is 406. The lowest BCUT2D eigenvalue weighted by molar-refractivity contribution is -0.140. The van der Waals surface area contributed by atoms with Gasteiger partial charge in [-0.05, 0) is 19.3 Å². The molecule has 7 nitrogen and oxygen atoms in total. The lowest BCUT2D eigenvalue weighted by Gasteiger charge is -2.22. The van der Waals surface area contributed by atoms with Crippen molar-refractivity contribution in [1.82, 2.24) is 10.0 Å². The van der Waals surface area contributed by atoms with E-state index in [9.17, 15) is 18.0 Å². The number of hydrogen-bond acceptors (Lipinski definition) is 5. The zero-order valence-corrected chi connectivity index (χ0v) is 11.1. The molecule has 2 N–H and O–H groups in total. The third-order valence-corrected chi connectivity index (χ3v) is 4.10. The SMILES string of the molecule is COC(=O)CCCS(=O)(=O)NC1CCCNC1=O. The minimum absolute atomic E-state index is 0.0499. The minimum Gasteiger partial charge on any atom is -0.469 e. The highest BCUT2D eigenvalue weighted by Gasteiger charge is 2.26. The van der Waals surface area contributed by atoms with Gasteiger partial charge in [-0.25, -0.2) is 13.1 Å². The molecule has 8 heteroatoms. The molecule has 0 radical (unpaired) electrons.